The summed E-state index contributed by atoms with van der Waals surface area (Å²) in [6, 6.07) is 11.0. The molecule has 0 aliphatic heterocycles. The highest BCUT2D eigenvalue weighted by atomic mass is 35.5. The Morgan fingerprint density at radius 1 is 1.12 bits per heavy atom. The van der Waals surface area contributed by atoms with E-state index >= 15 is 0 Å². The molecule has 0 aromatic heterocycles. The third-order valence-corrected chi connectivity index (χ3v) is 6.81. The van der Waals surface area contributed by atoms with Crippen molar-refractivity contribution < 1.29 is 14.3 Å². The zero-order valence-electron chi connectivity index (χ0n) is 18.1. The fourth-order valence-electron chi connectivity index (χ4n) is 4.19. The van der Waals surface area contributed by atoms with Gasteiger partial charge in [0, 0.05) is 22.3 Å². The van der Waals surface area contributed by atoms with E-state index in [1.165, 1.54) is 12.0 Å². The normalized spacial score (nSPS) is 19.2. The van der Waals surface area contributed by atoms with Crippen molar-refractivity contribution in [3.8, 4) is 5.75 Å². The molecule has 0 heterocycles. The van der Waals surface area contributed by atoms with Crippen LogP contribution in [0.15, 0.2) is 42.5 Å². The predicted octanol–water partition coefficient (Wildman–Crippen LogP) is 6.01. The largest absolute Gasteiger partial charge is 0.495 e. The second-order valence-electron chi connectivity index (χ2n) is 8.02. The number of methoxy groups -OCH3 is 1. The molecule has 2 aromatic rings. The average molecular weight is 498 g/mol. The van der Waals surface area contributed by atoms with Crippen LogP contribution in [0.5, 0.6) is 5.75 Å². The molecule has 3 unspecified atom stereocenters. The first-order valence-electron chi connectivity index (χ1n) is 10.6. The number of hydrogen-bond acceptors (Lipinski definition) is 3. The molecule has 1 aliphatic rings. The van der Waals surface area contributed by atoms with Crippen LogP contribution in [0.4, 0.5) is 5.69 Å². The van der Waals surface area contributed by atoms with E-state index in [2.05, 4.69) is 12.2 Å². The first-order valence-corrected chi connectivity index (χ1v) is 11.9. The van der Waals surface area contributed by atoms with Gasteiger partial charge >= 0.3 is 0 Å². The van der Waals surface area contributed by atoms with Crippen molar-refractivity contribution in [1.29, 1.82) is 0 Å². The van der Waals surface area contributed by atoms with Crippen molar-refractivity contribution in [2.45, 2.75) is 44.7 Å². The monoisotopic (exact) mass is 496 g/mol. The number of hydrogen-bond donors (Lipinski definition) is 1. The van der Waals surface area contributed by atoms with E-state index in [1.54, 1.807) is 42.5 Å². The summed E-state index contributed by atoms with van der Waals surface area (Å²) in [5.41, 5.74) is 0.943. The van der Waals surface area contributed by atoms with Crippen LogP contribution in [0.2, 0.25) is 10.0 Å². The summed E-state index contributed by atoms with van der Waals surface area (Å²) in [7, 11) is 1.51. The van der Waals surface area contributed by atoms with Crippen LogP contribution in [0.1, 0.15) is 44.2 Å². The van der Waals surface area contributed by atoms with Gasteiger partial charge in [0.15, 0.2) is 0 Å². The molecular formula is C24H27Cl3N2O3. The summed E-state index contributed by atoms with van der Waals surface area (Å²) in [6.07, 6.45) is 4.17. The van der Waals surface area contributed by atoms with Gasteiger partial charge < -0.3 is 10.1 Å². The molecular weight excluding hydrogens is 471 g/mol. The Labute approximate surface area is 204 Å². The van der Waals surface area contributed by atoms with Gasteiger partial charge in [-0.15, -0.1) is 11.6 Å². The molecule has 32 heavy (non-hydrogen) atoms. The SMILES string of the molecule is COc1ccc(N(C(=O)CCl)C(C(=O)NC2CCCCC2C)c2ccccc2Cl)cc1Cl. The molecule has 0 radical (unpaired) electrons. The maximum atomic E-state index is 13.7. The Balaban J connectivity index is 2.08. The highest BCUT2D eigenvalue weighted by Gasteiger charge is 2.36. The lowest BCUT2D eigenvalue weighted by atomic mass is 9.85. The topological polar surface area (TPSA) is 58.6 Å². The standard InChI is InChI=1S/C24H27Cl3N2O3/c1-15-7-3-6-10-20(15)28-24(31)23(17-8-4-5-9-18(17)26)29(22(30)14-25)16-11-12-21(32-2)19(27)13-16/h4-5,8-9,11-13,15,20,23H,3,6-7,10,14H2,1-2H3,(H,28,31). The van der Waals surface area contributed by atoms with E-state index in [1.807, 2.05) is 0 Å². The smallest absolute Gasteiger partial charge is 0.248 e. The minimum atomic E-state index is -1.01. The Bertz CT molecular complexity index is 969. The third-order valence-electron chi connectivity index (χ3n) is 5.94. The minimum absolute atomic E-state index is 0.0358. The van der Waals surface area contributed by atoms with E-state index in [0.29, 0.717) is 33.0 Å². The van der Waals surface area contributed by atoms with Gasteiger partial charge in [0.05, 0.1) is 12.1 Å². The van der Waals surface area contributed by atoms with Gasteiger partial charge in [0.1, 0.15) is 17.7 Å². The van der Waals surface area contributed by atoms with E-state index in [-0.39, 0.29) is 17.8 Å². The zero-order valence-corrected chi connectivity index (χ0v) is 20.4. The number of rotatable bonds is 7. The van der Waals surface area contributed by atoms with Gasteiger partial charge in [0.25, 0.3) is 0 Å². The van der Waals surface area contributed by atoms with Gasteiger partial charge in [-0.05, 0) is 43.0 Å². The molecule has 2 amide bonds. The zero-order chi connectivity index (χ0) is 23.3. The van der Waals surface area contributed by atoms with Crippen LogP contribution < -0.4 is 15.0 Å². The maximum absolute atomic E-state index is 13.7. The van der Waals surface area contributed by atoms with Crippen LogP contribution in [-0.4, -0.2) is 30.8 Å². The van der Waals surface area contributed by atoms with Gasteiger partial charge in [-0.2, -0.15) is 0 Å². The van der Waals surface area contributed by atoms with Gasteiger partial charge in [-0.25, -0.2) is 0 Å². The number of nitrogens with zero attached hydrogens (tertiary/aromatic N) is 1. The van der Waals surface area contributed by atoms with Crippen molar-refractivity contribution in [3.63, 3.8) is 0 Å². The Kier molecular flexibility index (Phi) is 8.69. The first-order chi connectivity index (χ1) is 15.4. The van der Waals surface area contributed by atoms with Gasteiger partial charge in [-0.3, -0.25) is 14.5 Å². The minimum Gasteiger partial charge on any atom is -0.495 e. The fourth-order valence-corrected chi connectivity index (χ4v) is 4.81. The average Bonchev–Trinajstić information content (AvgIpc) is 2.79. The van der Waals surface area contributed by atoms with Gasteiger partial charge in [0.2, 0.25) is 11.8 Å². The van der Waals surface area contributed by atoms with Crippen LogP contribution in [0.3, 0.4) is 0 Å². The molecule has 5 nitrogen and oxygen atoms in total. The summed E-state index contributed by atoms with van der Waals surface area (Å²) >= 11 is 18.8. The molecule has 2 aromatic carbocycles. The van der Waals surface area contributed by atoms with Crippen LogP contribution in [0.25, 0.3) is 0 Å². The Morgan fingerprint density at radius 2 is 1.84 bits per heavy atom. The van der Waals surface area contributed by atoms with Crippen molar-refractivity contribution in [3.05, 3.63) is 58.1 Å². The highest BCUT2D eigenvalue weighted by molar-refractivity contribution is 6.33. The fraction of sp³-hybridized carbons (Fsp3) is 0.417. The summed E-state index contributed by atoms with van der Waals surface area (Å²) in [4.78, 5) is 28.1. The van der Waals surface area contributed by atoms with E-state index in [9.17, 15) is 9.59 Å². The molecule has 3 rings (SSSR count). The Morgan fingerprint density at radius 3 is 2.47 bits per heavy atom. The second-order valence-corrected chi connectivity index (χ2v) is 9.10. The molecule has 1 saturated carbocycles. The molecule has 1 fully saturated rings. The lowest BCUT2D eigenvalue weighted by Crippen LogP contribution is -2.49. The summed E-state index contributed by atoms with van der Waals surface area (Å²) in [5.74, 6) is -0.236. The van der Waals surface area contributed by atoms with Crippen molar-refractivity contribution in [2.75, 3.05) is 17.9 Å². The number of nitrogens with one attached hydrogen (secondary N) is 1. The van der Waals surface area contributed by atoms with Crippen LogP contribution >= 0.6 is 34.8 Å². The lowest BCUT2D eigenvalue weighted by molar-refractivity contribution is -0.126. The van der Waals surface area contributed by atoms with Crippen molar-refractivity contribution in [2.24, 2.45) is 5.92 Å². The third kappa shape index (κ3) is 5.51. The molecule has 3 atom stereocenters. The predicted molar refractivity (Wildman–Crippen MR) is 130 cm³/mol. The number of carbonyl (C=O) groups is 2. The quantitative estimate of drug-likeness (QED) is 0.477. The summed E-state index contributed by atoms with van der Waals surface area (Å²) < 4.78 is 5.23. The maximum Gasteiger partial charge on any atom is 0.248 e. The van der Waals surface area contributed by atoms with Crippen LogP contribution in [0, 0.1) is 5.92 Å². The molecule has 172 valence electrons. The number of benzene rings is 2. The first kappa shape index (κ1) is 24.7. The number of anilines is 1. The second kappa shape index (κ2) is 11.3. The summed E-state index contributed by atoms with van der Waals surface area (Å²) in [5, 5.41) is 3.87. The molecule has 0 saturated heterocycles. The lowest BCUT2D eigenvalue weighted by Gasteiger charge is -2.35. The molecule has 1 N–H and O–H groups in total. The van der Waals surface area contributed by atoms with Crippen molar-refractivity contribution in [1.82, 2.24) is 5.32 Å². The van der Waals surface area contributed by atoms with Crippen LogP contribution in [-0.2, 0) is 9.59 Å². The van der Waals surface area contributed by atoms with Crippen molar-refractivity contribution >= 4 is 52.3 Å². The number of halogens is 3. The van der Waals surface area contributed by atoms with E-state index < -0.39 is 11.9 Å². The Hall–Kier alpha value is -1.95. The molecule has 1 aliphatic carbocycles. The molecule has 8 heteroatoms. The summed E-state index contributed by atoms with van der Waals surface area (Å²) in [6.45, 7) is 2.14. The highest BCUT2D eigenvalue weighted by Crippen LogP contribution is 2.36. The number of amides is 2. The van der Waals surface area contributed by atoms with E-state index in [0.717, 1.165) is 25.7 Å². The number of carbonyl (C=O) groups excluding carboxylic acids is 2. The van der Waals surface area contributed by atoms with E-state index in [4.69, 9.17) is 39.5 Å². The number of ether oxygens (including phenoxy) is 1. The number of alkyl halides is 1. The molecule has 0 bridgehead atoms. The molecule has 0 spiro atoms. The van der Waals surface area contributed by atoms with Gasteiger partial charge in [-0.1, -0.05) is 61.2 Å².